The van der Waals surface area contributed by atoms with Crippen LogP contribution in [0.25, 0.3) is 0 Å². The molecule has 0 unspecified atom stereocenters. The highest BCUT2D eigenvalue weighted by molar-refractivity contribution is 5.83. The highest BCUT2D eigenvalue weighted by Gasteiger charge is 2.42. The van der Waals surface area contributed by atoms with Gasteiger partial charge in [-0.05, 0) is 142 Å². The molecule has 572 valence electrons. The van der Waals surface area contributed by atoms with Gasteiger partial charge in [-0.3, -0.25) is 0 Å². The molecule has 0 spiro atoms. The number of fused-ring (bicyclic) bond motifs is 2. The van der Waals surface area contributed by atoms with E-state index in [2.05, 4.69) is 0 Å². The number of allylic oxidation sites excluding steroid dienone is 5. The number of rotatable bonds is 16. The van der Waals surface area contributed by atoms with Gasteiger partial charge in [0.25, 0.3) is 0 Å². The molecule has 0 saturated carbocycles. The van der Waals surface area contributed by atoms with Crippen LogP contribution in [-0.2, 0) is 52.2 Å². The number of aliphatic hydroxyl groups is 9. The Kier molecular flexibility index (Phi) is 40.2. The van der Waals surface area contributed by atoms with E-state index in [0.717, 1.165) is 25.7 Å². The summed E-state index contributed by atoms with van der Waals surface area (Å²) >= 11 is 0. The third-order valence-corrected chi connectivity index (χ3v) is 22.2. The average Bonchev–Trinajstić information content (AvgIpc) is 0.868. The van der Waals surface area contributed by atoms with E-state index in [-0.39, 0.29) is 99.0 Å². The Balaban J connectivity index is 1.58. The molecular weight excluding hydrogens is 1270 g/mol. The molecule has 0 aromatic carbocycles. The third-order valence-electron chi connectivity index (χ3n) is 22.2. The predicted molar refractivity (Wildman–Crippen MR) is 384 cm³/mol. The van der Waals surface area contributed by atoms with Crippen LogP contribution in [0.2, 0.25) is 0 Å². The minimum absolute atomic E-state index is 0.0303. The zero-order chi connectivity index (χ0) is 73.8. The standard InChI is InChI=1S/C79H136O20/c1-46-24-30-60(81)39-59(80)21-18-20-48(3)36-72(93-16)53(8)68(83)44-70(85)55(10)78(57(12)76(89)49(4)28-32-64-41-66(91-14)37-51(6)95-64)99-75(88)35-27-47(2)25-31-61(82)40-62-22-19-23-63(97-62)43-73(94-17)54(9)69(84)45-71(86)56(11)79(98-74(87)34-26-46)58(13)77(90)50(5)29-33-65-42-67(92-15)38-52(7)96-65/h18-19,21-22,24-27,34-35,48-73,76-86,89-90H,20,23,28-33,36-45H2,1-17H3/b21-18-,34-26+,35-27+,46-24+,47-25+/t48-,49-,50-,51-,52-,53-,54-,55-,56-,57-,58-,59+,60-,61-,62+,63-,64-,65-,66-,67-,68-,69-,70+,71+,72-,73-,76-,77-,78-,79-/m0/s1. The lowest BCUT2D eigenvalue weighted by Gasteiger charge is -2.38. The fraction of sp³-hybridized carbons (Fsp3) is 0.823. The summed E-state index contributed by atoms with van der Waals surface area (Å²) in [7, 11) is 6.58. The van der Waals surface area contributed by atoms with Crippen LogP contribution in [0.5, 0.6) is 0 Å². The van der Waals surface area contributed by atoms with Crippen LogP contribution in [0.1, 0.15) is 206 Å². The van der Waals surface area contributed by atoms with Crippen molar-refractivity contribution >= 4 is 11.9 Å². The molecule has 30 atom stereocenters. The zero-order valence-corrected chi connectivity index (χ0v) is 63.3. The highest BCUT2D eigenvalue weighted by Crippen LogP contribution is 2.36. The molecule has 0 amide bonds. The quantitative estimate of drug-likeness (QED) is 0.0513. The number of carbonyl (C=O) groups is 2. The van der Waals surface area contributed by atoms with Gasteiger partial charge in [0.15, 0.2) is 0 Å². The molecule has 99 heavy (non-hydrogen) atoms. The Bertz CT molecular complexity index is 2470. The molecule has 4 aliphatic rings. The third kappa shape index (κ3) is 30.8. The molecule has 4 rings (SSSR count). The van der Waals surface area contributed by atoms with Crippen molar-refractivity contribution in [1.82, 2.24) is 0 Å². The van der Waals surface area contributed by atoms with Crippen molar-refractivity contribution in [2.75, 3.05) is 28.4 Å². The van der Waals surface area contributed by atoms with E-state index < -0.39 is 133 Å². The minimum atomic E-state index is -1.18. The van der Waals surface area contributed by atoms with Crippen molar-refractivity contribution < 1.29 is 98.2 Å². The number of hydrogen-bond donors (Lipinski definition) is 9. The molecule has 2 bridgehead atoms. The summed E-state index contributed by atoms with van der Waals surface area (Å²) < 4.78 is 54.7. The van der Waals surface area contributed by atoms with E-state index in [1.54, 1.807) is 73.5 Å². The normalized spacial score (nSPS) is 40.8. The molecule has 0 aromatic heterocycles. The Morgan fingerprint density at radius 3 is 1.31 bits per heavy atom. The molecule has 0 radical (unpaired) electrons. The second-order valence-electron chi connectivity index (χ2n) is 30.7. The van der Waals surface area contributed by atoms with Gasteiger partial charge in [-0.25, -0.2) is 9.59 Å². The summed E-state index contributed by atoms with van der Waals surface area (Å²) in [4.78, 5) is 27.7. The molecule has 2 saturated heterocycles. The van der Waals surface area contributed by atoms with E-state index in [1.807, 2.05) is 93.5 Å². The maximum Gasteiger partial charge on any atom is 0.331 e. The summed E-state index contributed by atoms with van der Waals surface area (Å²) in [6.45, 7) is 24.5. The van der Waals surface area contributed by atoms with Gasteiger partial charge >= 0.3 is 11.9 Å². The smallest absolute Gasteiger partial charge is 0.331 e. The average molecular weight is 1410 g/mol. The minimum Gasteiger partial charge on any atom is -0.458 e. The first-order valence-electron chi connectivity index (χ1n) is 37.4. The van der Waals surface area contributed by atoms with Gasteiger partial charge in [0.05, 0.1) is 116 Å². The lowest BCUT2D eigenvalue weighted by Crippen LogP contribution is -2.45. The topological polar surface area (TPSA) is 299 Å². The second kappa shape index (κ2) is 45.2. The Morgan fingerprint density at radius 1 is 0.465 bits per heavy atom. The molecule has 4 heterocycles. The maximum absolute atomic E-state index is 13.9. The van der Waals surface area contributed by atoms with Crippen LogP contribution in [0.3, 0.4) is 0 Å². The summed E-state index contributed by atoms with van der Waals surface area (Å²) in [5.41, 5.74) is 1.34. The fourth-order valence-electron chi connectivity index (χ4n) is 15.1. The van der Waals surface area contributed by atoms with Gasteiger partial charge in [-0.1, -0.05) is 122 Å². The van der Waals surface area contributed by atoms with Crippen LogP contribution < -0.4 is 0 Å². The van der Waals surface area contributed by atoms with E-state index in [1.165, 1.54) is 12.2 Å². The summed E-state index contributed by atoms with van der Waals surface area (Å²) in [6.07, 6.45) is 13.0. The summed E-state index contributed by atoms with van der Waals surface area (Å²) in [5.74, 6) is -5.45. The molecule has 0 aliphatic carbocycles. The molecule has 0 aromatic rings. The Labute approximate surface area is 595 Å². The molecule has 9 N–H and O–H groups in total. The number of carbonyl (C=O) groups excluding carboxylic acids is 2. The largest absolute Gasteiger partial charge is 0.458 e. The molecule has 4 aliphatic heterocycles. The van der Waals surface area contributed by atoms with E-state index in [4.69, 9.17) is 42.6 Å². The van der Waals surface area contributed by atoms with Crippen molar-refractivity contribution in [2.45, 2.75) is 334 Å². The van der Waals surface area contributed by atoms with Gasteiger partial charge in [0.1, 0.15) is 12.2 Å². The number of ether oxygens (including phenoxy) is 9. The number of cyclic esters (lactones) is 2. The number of methoxy groups -OCH3 is 4. The summed E-state index contributed by atoms with van der Waals surface area (Å²) in [5, 5.41) is 105. The number of esters is 2. The first-order chi connectivity index (χ1) is 46.8. The van der Waals surface area contributed by atoms with Gasteiger partial charge in [-0.15, -0.1) is 0 Å². The summed E-state index contributed by atoms with van der Waals surface area (Å²) in [6, 6.07) is 0. The molecule has 2 fully saturated rings. The maximum atomic E-state index is 13.9. The zero-order valence-electron chi connectivity index (χ0n) is 63.3. The van der Waals surface area contributed by atoms with Gasteiger partial charge in [0, 0.05) is 95.4 Å². The van der Waals surface area contributed by atoms with Crippen molar-refractivity contribution in [2.24, 2.45) is 53.3 Å². The first kappa shape index (κ1) is 88.1. The van der Waals surface area contributed by atoms with Crippen molar-refractivity contribution in [1.29, 1.82) is 0 Å². The molecule has 20 nitrogen and oxygen atoms in total. The first-order valence-corrected chi connectivity index (χ1v) is 37.4. The lowest BCUT2D eigenvalue weighted by atomic mass is 9.78. The Morgan fingerprint density at radius 2 is 0.879 bits per heavy atom. The van der Waals surface area contributed by atoms with Gasteiger partial charge < -0.3 is 88.6 Å². The van der Waals surface area contributed by atoms with Crippen molar-refractivity contribution in [3.05, 3.63) is 71.9 Å². The van der Waals surface area contributed by atoms with Crippen LogP contribution in [0.4, 0.5) is 0 Å². The van der Waals surface area contributed by atoms with Crippen molar-refractivity contribution in [3.8, 4) is 0 Å². The number of aliphatic hydroxyl groups excluding tert-OH is 9. The van der Waals surface area contributed by atoms with Crippen molar-refractivity contribution in [3.63, 3.8) is 0 Å². The van der Waals surface area contributed by atoms with Crippen LogP contribution in [0.15, 0.2) is 71.9 Å². The fourth-order valence-corrected chi connectivity index (χ4v) is 15.1. The second-order valence-corrected chi connectivity index (χ2v) is 30.7. The van der Waals surface area contributed by atoms with E-state index in [0.29, 0.717) is 62.5 Å². The monoisotopic (exact) mass is 1400 g/mol. The predicted octanol–water partition coefficient (Wildman–Crippen LogP) is 10.3. The highest BCUT2D eigenvalue weighted by atomic mass is 16.6. The lowest BCUT2D eigenvalue weighted by molar-refractivity contribution is -0.158. The van der Waals surface area contributed by atoms with Crippen LogP contribution in [0, 0.1) is 53.3 Å². The van der Waals surface area contributed by atoms with Gasteiger partial charge in [-0.2, -0.15) is 0 Å². The van der Waals surface area contributed by atoms with Crippen LogP contribution in [-0.4, -0.2) is 215 Å². The van der Waals surface area contributed by atoms with E-state index in [9.17, 15) is 55.5 Å². The van der Waals surface area contributed by atoms with Gasteiger partial charge in [0.2, 0.25) is 0 Å². The van der Waals surface area contributed by atoms with Crippen LogP contribution >= 0.6 is 0 Å². The Hall–Kier alpha value is -3.26. The molecule has 20 heteroatoms. The van der Waals surface area contributed by atoms with E-state index >= 15 is 0 Å². The number of hydrogen-bond acceptors (Lipinski definition) is 20. The molecular formula is C79H136O20. The SMILES string of the molecule is CO[C@@H]1C[C@H](CC[C@H](C)[C@H](O)[C@H](C)[C@H]2OC(=O)/C=C/C(C)=C/C[C@H](O)C[C@H]3C=CC[C@@H](C[C@H](OC)[C@@H](C)[C@@H](O)C[C@@H](O)[C@H](C)[C@@H]([C@@H](C)[C@@H](O)[C@@H](C)CC[C@H]4C[C@@H](OC)C[C@H](C)O4)OC(=O)/C=C/C(C)=C/C[C@H](O)C[C@H](O)/C=C\C[C@H](C)C[C@H](OC)[C@@H](C)[C@@H](O)C[C@@H](O)[C@@H]2C)O3)O[C@@H](C)C1.